The molecule has 0 saturated carbocycles. The van der Waals surface area contributed by atoms with Gasteiger partial charge in [0.1, 0.15) is 11.2 Å². The van der Waals surface area contributed by atoms with Crippen molar-refractivity contribution in [3.8, 4) is 51.0 Å². The second-order valence-corrected chi connectivity index (χ2v) is 16.3. The van der Waals surface area contributed by atoms with Crippen molar-refractivity contribution < 1.29 is 4.42 Å². The molecule has 9 aromatic carbocycles. The standard InChI is InChI=1S/C57H36N4O/c1-3-13-35(14-4-1)36-23-25-39(26-24-36)56-58-55(38-16-5-2-6-17-38)59-57(60-56)42-27-29-45-47-34-51(44-21-11-12-22-46(44)54(47)62-52(45)33-42)61-49-30-28-37-15-9-10-20-43(37)53(49)48-31-40-18-7-8-19-41(40)32-50(48)61/h1-7,9-18,20-34H,8,19H2. The van der Waals surface area contributed by atoms with Crippen molar-refractivity contribution in [1.29, 1.82) is 0 Å². The zero-order valence-electron chi connectivity index (χ0n) is 33.6. The molecule has 0 saturated heterocycles. The van der Waals surface area contributed by atoms with Crippen LogP contribution in [0.2, 0.25) is 0 Å². The molecule has 0 spiro atoms. The molecule has 13 rings (SSSR count). The minimum atomic E-state index is 0.588. The summed E-state index contributed by atoms with van der Waals surface area (Å²) >= 11 is 0. The van der Waals surface area contributed by atoms with Gasteiger partial charge in [-0.05, 0) is 82.3 Å². The Labute approximate surface area is 356 Å². The number of benzene rings is 9. The predicted octanol–water partition coefficient (Wildman–Crippen LogP) is 14.8. The SMILES string of the molecule is C1=Cc2cc3c4c5ccccc5ccc4n(-c4cc5c6ccc(-c7nc(-c8ccccc8)nc(-c8ccc(-c9ccccc9)cc8)n7)cc6oc5c5ccccc45)c3cc2CC1. The summed E-state index contributed by atoms with van der Waals surface area (Å²) in [4.78, 5) is 15.2. The Morgan fingerprint density at radius 3 is 1.85 bits per heavy atom. The summed E-state index contributed by atoms with van der Waals surface area (Å²) in [5.74, 6) is 1.82. The molecule has 0 aliphatic heterocycles. The Balaban J connectivity index is 1.01. The van der Waals surface area contributed by atoms with Crippen molar-refractivity contribution in [3.63, 3.8) is 0 Å². The molecular weight excluding hydrogens is 757 g/mol. The van der Waals surface area contributed by atoms with Gasteiger partial charge in [-0.1, -0.05) is 158 Å². The van der Waals surface area contributed by atoms with Gasteiger partial charge in [-0.15, -0.1) is 0 Å². The molecule has 290 valence electrons. The van der Waals surface area contributed by atoms with Crippen molar-refractivity contribution in [2.45, 2.75) is 12.8 Å². The van der Waals surface area contributed by atoms with E-state index in [1.807, 2.05) is 36.4 Å². The molecule has 0 bridgehead atoms. The van der Waals surface area contributed by atoms with Crippen LogP contribution in [0, 0.1) is 0 Å². The number of furan rings is 1. The van der Waals surface area contributed by atoms with Crippen molar-refractivity contribution >= 4 is 71.4 Å². The molecule has 0 radical (unpaired) electrons. The number of aryl methyl sites for hydroxylation is 1. The Morgan fingerprint density at radius 1 is 0.435 bits per heavy atom. The van der Waals surface area contributed by atoms with Gasteiger partial charge in [-0.2, -0.15) is 0 Å². The lowest BCUT2D eigenvalue weighted by atomic mass is 9.94. The second-order valence-electron chi connectivity index (χ2n) is 16.3. The van der Waals surface area contributed by atoms with Crippen LogP contribution in [0.15, 0.2) is 192 Å². The average Bonchev–Trinajstić information content (AvgIpc) is 3.88. The van der Waals surface area contributed by atoms with E-state index in [9.17, 15) is 0 Å². The highest BCUT2D eigenvalue weighted by Gasteiger charge is 2.22. The number of fused-ring (bicyclic) bond motifs is 11. The highest BCUT2D eigenvalue weighted by Crippen LogP contribution is 2.44. The minimum absolute atomic E-state index is 0.588. The van der Waals surface area contributed by atoms with E-state index in [0.29, 0.717) is 17.5 Å². The van der Waals surface area contributed by atoms with Gasteiger partial charge in [-0.25, -0.2) is 15.0 Å². The van der Waals surface area contributed by atoms with Crippen LogP contribution >= 0.6 is 0 Å². The van der Waals surface area contributed by atoms with Crippen molar-refractivity contribution in [3.05, 3.63) is 199 Å². The summed E-state index contributed by atoms with van der Waals surface area (Å²) in [5, 5.41) is 9.37. The lowest BCUT2D eigenvalue weighted by Gasteiger charge is -2.15. The molecule has 0 N–H and O–H groups in total. The Morgan fingerprint density at radius 2 is 1.06 bits per heavy atom. The zero-order valence-corrected chi connectivity index (χ0v) is 33.6. The van der Waals surface area contributed by atoms with Gasteiger partial charge in [0.15, 0.2) is 17.5 Å². The third-order valence-electron chi connectivity index (χ3n) is 12.7. The van der Waals surface area contributed by atoms with Crippen LogP contribution in [0.4, 0.5) is 0 Å². The first-order valence-electron chi connectivity index (χ1n) is 21.2. The predicted molar refractivity (Wildman–Crippen MR) is 256 cm³/mol. The molecule has 1 aliphatic rings. The summed E-state index contributed by atoms with van der Waals surface area (Å²) in [7, 11) is 0. The summed E-state index contributed by atoms with van der Waals surface area (Å²) in [6, 6.07) is 64.5. The molecule has 0 unspecified atom stereocenters. The van der Waals surface area contributed by atoms with Crippen LogP contribution in [0.3, 0.4) is 0 Å². The number of hydrogen-bond acceptors (Lipinski definition) is 4. The number of allylic oxidation sites excluding steroid dienone is 1. The fourth-order valence-electron chi connectivity index (χ4n) is 9.67. The summed E-state index contributed by atoms with van der Waals surface area (Å²) < 4.78 is 9.40. The van der Waals surface area contributed by atoms with Crippen molar-refractivity contribution in [2.75, 3.05) is 0 Å². The highest BCUT2D eigenvalue weighted by molar-refractivity contribution is 6.24. The number of hydrogen-bond donors (Lipinski definition) is 0. The molecule has 62 heavy (non-hydrogen) atoms. The van der Waals surface area contributed by atoms with Crippen LogP contribution in [0.25, 0.3) is 122 Å². The molecule has 12 aromatic rings. The highest BCUT2D eigenvalue weighted by atomic mass is 16.3. The number of nitrogens with zero attached hydrogens (tertiary/aromatic N) is 4. The average molecular weight is 793 g/mol. The van der Waals surface area contributed by atoms with Crippen LogP contribution in [0.1, 0.15) is 17.5 Å². The van der Waals surface area contributed by atoms with Gasteiger partial charge in [0.05, 0.1) is 16.7 Å². The van der Waals surface area contributed by atoms with E-state index in [-0.39, 0.29) is 0 Å². The van der Waals surface area contributed by atoms with E-state index < -0.39 is 0 Å². The third-order valence-corrected chi connectivity index (χ3v) is 12.7. The lowest BCUT2D eigenvalue weighted by Crippen LogP contribution is -2.00. The fraction of sp³-hybridized carbons (Fsp3) is 0.0351. The summed E-state index contributed by atoms with van der Waals surface area (Å²) in [5.41, 5.74) is 12.9. The maximum absolute atomic E-state index is 6.90. The third kappa shape index (κ3) is 5.45. The van der Waals surface area contributed by atoms with E-state index in [1.54, 1.807) is 0 Å². The first-order valence-corrected chi connectivity index (χ1v) is 21.2. The number of rotatable bonds is 5. The number of aromatic nitrogens is 4. The maximum atomic E-state index is 6.90. The van der Waals surface area contributed by atoms with E-state index in [0.717, 1.165) is 73.5 Å². The van der Waals surface area contributed by atoms with E-state index in [4.69, 9.17) is 19.4 Å². The van der Waals surface area contributed by atoms with E-state index >= 15 is 0 Å². The first-order chi connectivity index (χ1) is 30.7. The van der Waals surface area contributed by atoms with E-state index in [1.165, 1.54) is 49.3 Å². The van der Waals surface area contributed by atoms with Gasteiger partial charge in [0.25, 0.3) is 0 Å². The summed E-state index contributed by atoms with van der Waals surface area (Å²) in [6.45, 7) is 0. The normalized spacial score (nSPS) is 12.6. The maximum Gasteiger partial charge on any atom is 0.164 e. The van der Waals surface area contributed by atoms with Crippen LogP contribution in [-0.2, 0) is 6.42 Å². The fourth-order valence-corrected chi connectivity index (χ4v) is 9.67. The first kappa shape index (κ1) is 34.7. The Bertz CT molecular complexity index is 3790. The zero-order chi connectivity index (χ0) is 40.7. The van der Waals surface area contributed by atoms with Gasteiger partial charge in [0.2, 0.25) is 0 Å². The molecule has 0 amide bonds. The van der Waals surface area contributed by atoms with E-state index in [2.05, 4.69) is 162 Å². The van der Waals surface area contributed by atoms with Crippen molar-refractivity contribution in [2.24, 2.45) is 0 Å². The minimum Gasteiger partial charge on any atom is -0.455 e. The smallest absolute Gasteiger partial charge is 0.164 e. The topological polar surface area (TPSA) is 56.7 Å². The van der Waals surface area contributed by atoms with Gasteiger partial charge in [0, 0.05) is 49.0 Å². The van der Waals surface area contributed by atoms with Crippen LogP contribution in [-0.4, -0.2) is 19.5 Å². The Hall–Kier alpha value is -8.15. The summed E-state index contributed by atoms with van der Waals surface area (Å²) in [6.07, 6.45) is 6.69. The molecule has 0 fully saturated rings. The lowest BCUT2D eigenvalue weighted by molar-refractivity contribution is 0.672. The molecule has 1 aliphatic carbocycles. The van der Waals surface area contributed by atoms with Gasteiger partial charge >= 0.3 is 0 Å². The largest absolute Gasteiger partial charge is 0.455 e. The quantitative estimate of drug-likeness (QED) is 0.174. The molecule has 5 nitrogen and oxygen atoms in total. The molecule has 3 heterocycles. The van der Waals surface area contributed by atoms with Crippen LogP contribution in [0.5, 0.6) is 0 Å². The molecule has 0 atom stereocenters. The monoisotopic (exact) mass is 792 g/mol. The van der Waals surface area contributed by atoms with Crippen LogP contribution < -0.4 is 0 Å². The second kappa shape index (κ2) is 13.7. The molecule has 5 heteroatoms. The van der Waals surface area contributed by atoms with Crippen molar-refractivity contribution in [1.82, 2.24) is 19.5 Å². The van der Waals surface area contributed by atoms with Gasteiger partial charge < -0.3 is 8.98 Å². The molecule has 3 aromatic heterocycles. The van der Waals surface area contributed by atoms with Gasteiger partial charge in [-0.3, -0.25) is 0 Å². The molecular formula is C57H36N4O. The Kier molecular flexibility index (Phi) is 7.66.